The Labute approximate surface area is 202 Å². The van der Waals surface area contributed by atoms with Crippen LogP contribution in [0.4, 0.5) is 5.82 Å². The van der Waals surface area contributed by atoms with E-state index in [0.717, 1.165) is 12.0 Å². The number of aromatic nitrogens is 1. The number of hydrogen-bond donors (Lipinski definition) is 1. The maximum Gasteiger partial charge on any atom is 0.254 e. The van der Waals surface area contributed by atoms with E-state index >= 15 is 0 Å². The molecule has 172 valence electrons. The number of nitrogens with one attached hydrogen (secondary N) is 1. The molecular formula is C26H23ClN4O3. The van der Waals surface area contributed by atoms with Crippen molar-refractivity contribution in [3.8, 4) is 11.8 Å². The van der Waals surface area contributed by atoms with Gasteiger partial charge in [-0.15, -0.1) is 0 Å². The molecule has 0 radical (unpaired) electrons. The Morgan fingerprint density at radius 3 is 2.82 bits per heavy atom. The van der Waals surface area contributed by atoms with E-state index in [1.54, 1.807) is 53.4 Å². The highest BCUT2D eigenvalue weighted by Crippen LogP contribution is 2.23. The quantitative estimate of drug-likeness (QED) is 0.559. The second-order valence-electron chi connectivity index (χ2n) is 8.03. The number of carbonyl (C=O) groups is 2. The highest BCUT2D eigenvalue weighted by molar-refractivity contribution is 6.30. The summed E-state index contributed by atoms with van der Waals surface area (Å²) in [6.45, 7) is 1.15. The Kier molecular flexibility index (Phi) is 7.41. The minimum Gasteiger partial charge on any atom is -0.489 e. The van der Waals surface area contributed by atoms with Crippen molar-refractivity contribution in [2.75, 3.05) is 18.4 Å². The fourth-order valence-corrected chi connectivity index (χ4v) is 3.98. The average Bonchev–Trinajstić information content (AvgIpc) is 2.88. The minimum atomic E-state index is -0.322. The van der Waals surface area contributed by atoms with E-state index in [2.05, 4.69) is 16.4 Å². The molecular weight excluding hydrogens is 452 g/mol. The van der Waals surface area contributed by atoms with Gasteiger partial charge in [0, 0.05) is 30.4 Å². The standard InChI is InChI=1S/C26H23ClN4O3/c27-22-10-11-24(29-15-22)30-25(32)20-8-4-12-31(16-20)26(33)18-7-3-9-23(13-18)34-17-21-6-2-1-5-19(21)14-28/h1-3,5-7,9-11,13,15,20H,4,8,12,16-17H2,(H,29,30,32). The predicted octanol–water partition coefficient (Wildman–Crippen LogP) is 4.68. The second kappa shape index (κ2) is 10.8. The van der Waals surface area contributed by atoms with E-state index in [1.165, 1.54) is 6.20 Å². The zero-order valence-corrected chi connectivity index (χ0v) is 19.2. The smallest absolute Gasteiger partial charge is 0.254 e. The van der Waals surface area contributed by atoms with Crippen LogP contribution in [0, 0.1) is 17.2 Å². The minimum absolute atomic E-state index is 0.148. The van der Waals surface area contributed by atoms with Crippen LogP contribution in [0.1, 0.15) is 34.3 Å². The van der Waals surface area contributed by atoms with E-state index in [4.69, 9.17) is 16.3 Å². The fourth-order valence-electron chi connectivity index (χ4n) is 3.87. The van der Waals surface area contributed by atoms with Crippen LogP contribution in [-0.4, -0.2) is 34.8 Å². The van der Waals surface area contributed by atoms with Crippen molar-refractivity contribution in [3.63, 3.8) is 0 Å². The lowest BCUT2D eigenvalue weighted by atomic mass is 9.96. The van der Waals surface area contributed by atoms with Gasteiger partial charge < -0.3 is 15.0 Å². The molecule has 3 aromatic rings. The van der Waals surface area contributed by atoms with Gasteiger partial charge in [-0.1, -0.05) is 35.9 Å². The topological polar surface area (TPSA) is 95.3 Å². The molecule has 4 rings (SSSR count). The highest BCUT2D eigenvalue weighted by Gasteiger charge is 2.29. The molecule has 8 heteroatoms. The van der Waals surface area contributed by atoms with Crippen molar-refractivity contribution < 1.29 is 14.3 Å². The van der Waals surface area contributed by atoms with Crippen molar-refractivity contribution in [1.82, 2.24) is 9.88 Å². The van der Waals surface area contributed by atoms with E-state index < -0.39 is 0 Å². The molecule has 1 saturated heterocycles. The van der Waals surface area contributed by atoms with E-state index in [-0.39, 0.29) is 24.3 Å². The first-order chi connectivity index (χ1) is 16.5. The lowest BCUT2D eigenvalue weighted by Crippen LogP contribution is -2.43. The molecule has 34 heavy (non-hydrogen) atoms. The van der Waals surface area contributed by atoms with Gasteiger partial charge in [-0.3, -0.25) is 9.59 Å². The van der Waals surface area contributed by atoms with Crippen LogP contribution in [0.15, 0.2) is 66.9 Å². The number of amides is 2. The first-order valence-electron chi connectivity index (χ1n) is 11.0. The summed E-state index contributed by atoms with van der Waals surface area (Å²) in [7, 11) is 0. The predicted molar refractivity (Wildman–Crippen MR) is 128 cm³/mol. The number of anilines is 1. The third-order valence-corrected chi connectivity index (χ3v) is 5.89. The van der Waals surface area contributed by atoms with Crippen molar-refractivity contribution in [2.45, 2.75) is 19.4 Å². The molecule has 0 saturated carbocycles. The molecule has 1 N–H and O–H groups in total. The van der Waals surface area contributed by atoms with Crippen LogP contribution in [-0.2, 0) is 11.4 Å². The Balaban J connectivity index is 1.38. The van der Waals surface area contributed by atoms with Gasteiger partial charge in [-0.25, -0.2) is 4.98 Å². The SMILES string of the molecule is N#Cc1ccccc1COc1cccc(C(=O)N2CCCC(C(=O)Nc3ccc(Cl)cn3)C2)c1. The molecule has 1 unspecified atom stereocenters. The van der Waals surface area contributed by atoms with Crippen LogP contribution < -0.4 is 10.1 Å². The largest absolute Gasteiger partial charge is 0.489 e. The number of halogens is 1. The summed E-state index contributed by atoms with van der Waals surface area (Å²) in [6.07, 6.45) is 2.91. The third kappa shape index (κ3) is 5.72. The molecule has 1 atom stereocenters. The van der Waals surface area contributed by atoms with Gasteiger partial charge in [0.2, 0.25) is 5.91 Å². The summed E-state index contributed by atoms with van der Waals surface area (Å²) in [5, 5.41) is 12.5. The number of rotatable bonds is 6. The summed E-state index contributed by atoms with van der Waals surface area (Å²) in [6, 6.07) is 19.7. The molecule has 1 aliphatic heterocycles. The van der Waals surface area contributed by atoms with Gasteiger partial charge in [0.1, 0.15) is 18.2 Å². The number of nitriles is 1. The van der Waals surface area contributed by atoms with Crippen molar-refractivity contribution >= 4 is 29.2 Å². The van der Waals surface area contributed by atoms with Crippen LogP contribution in [0.5, 0.6) is 5.75 Å². The van der Waals surface area contributed by atoms with Gasteiger partial charge in [0.25, 0.3) is 5.91 Å². The number of pyridine rings is 1. The molecule has 1 aromatic heterocycles. The maximum atomic E-state index is 13.2. The van der Waals surface area contributed by atoms with E-state index in [1.807, 2.05) is 12.1 Å². The zero-order valence-electron chi connectivity index (χ0n) is 18.4. The van der Waals surface area contributed by atoms with E-state index in [9.17, 15) is 14.9 Å². The number of benzene rings is 2. The monoisotopic (exact) mass is 474 g/mol. The summed E-state index contributed by atoms with van der Waals surface area (Å²) in [4.78, 5) is 31.7. The van der Waals surface area contributed by atoms with Crippen LogP contribution >= 0.6 is 11.6 Å². The lowest BCUT2D eigenvalue weighted by Gasteiger charge is -2.32. The van der Waals surface area contributed by atoms with Crippen molar-refractivity contribution in [3.05, 3.63) is 88.6 Å². The first kappa shape index (κ1) is 23.3. The van der Waals surface area contributed by atoms with E-state index in [0.29, 0.717) is 47.2 Å². The number of carbonyl (C=O) groups excluding carboxylic acids is 2. The number of nitrogens with zero attached hydrogens (tertiary/aromatic N) is 3. The van der Waals surface area contributed by atoms with Gasteiger partial charge in [0.05, 0.1) is 22.6 Å². The van der Waals surface area contributed by atoms with Crippen LogP contribution in [0.3, 0.4) is 0 Å². The molecule has 1 aliphatic rings. The number of hydrogen-bond acceptors (Lipinski definition) is 5. The zero-order chi connectivity index (χ0) is 23.9. The average molecular weight is 475 g/mol. The Morgan fingerprint density at radius 1 is 1.18 bits per heavy atom. The van der Waals surface area contributed by atoms with Gasteiger partial charge in [0.15, 0.2) is 0 Å². The second-order valence-corrected chi connectivity index (χ2v) is 8.46. The molecule has 1 fully saturated rings. The van der Waals surface area contributed by atoms with Crippen molar-refractivity contribution in [1.29, 1.82) is 5.26 Å². The fraction of sp³-hybridized carbons (Fsp3) is 0.231. The lowest BCUT2D eigenvalue weighted by molar-refractivity contribution is -0.121. The molecule has 2 heterocycles. The summed E-state index contributed by atoms with van der Waals surface area (Å²) in [5.41, 5.74) is 1.83. The molecule has 7 nitrogen and oxygen atoms in total. The van der Waals surface area contributed by atoms with Gasteiger partial charge >= 0.3 is 0 Å². The molecule has 0 aliphatic carbocycles. The van der Waals surface area contributed by atoms with Crippen molar-refractivity contribution in [2.24, 2.45) is 5.92 Å². The summed E-state index contributed by atoms with van der Waals surface area (Å²) in [5.74, 6) is 0.335. The maximum absolute atomic E-state index is 13.2. The van der Waals surface area contributed by atoms with Gasteiger partial charge in [-0.05, 0) is 49.2 Å². The third-order valence-electron chi connectivity index (χ3n) is 5.67. The van der Waals surface area contributed by atoms with Crippen LogP contribution in [0.2, 0.25) is 5.02 Å². The van der Waals surface area contributed by atoms with Crippen LogP contribution in [0.25, 0.3) is 0 Å². The summed E-state index contributed by atoms with van der Waals surface area (Å²) >= 11 is 5.84. The molecule has 2 aromatic carbocycles. The summed E-state index contributed by atoms with van der Waals surface area (Å²) < 4.78 is 5.84. The molecule has 0 spiro atoms. The Bertz CT molecular complexity index is 1220. The Morgan fingerprint density at radius 2 is 2.03 bits per heavy atom. The van der Waals surface area contributed by atoms with Gasteiger partial charge in [-0.2, -0.15) is 5.26 Å². The normalized spacial score (nSPS) is 15.3. The molecule has 2 amide bonds. The molecule has 0 bridgehead atoms. The number of likely N-dealkylation sites (tertiary alicyclic amines) is 1. The highest BCUT2D eigenvalue weighted by atomic mass is 35.5. The number of piperidine rings is 1. The Hall–Kier alpha value is -3.89. The number of ether oxygens (including phenoxy) is 1. The first-order valence-corrected chi connectivity index (χ1v) is 11.3.